The van der Waals surface area contributed by atoms with Gasteiger partial charge in [-0.05, 0) is 48.9 Å². The van der Waals surface area contributed by atoms with E-state index in [-0.39, 0.29) is 18.3 Å². The van der Waals surface area contributed by atoms with E-state index in [4.69, 9.17) is 0 Å². The molecule has 0 radical (unpaired) electrons. The first-order valence-corrected chi connectivity index (χ1v) is 7.19. The van der Waals surface area contributed by atoms with Gasteiger partial charge in [-0.1, -0.05) is 12.1 Å². The van der Waals surface area contributed by atoms with Crippen LogP contribution in [-0.4, -0.2) is 21.1 Å². The highest BCUT2D eigenvalue weighted by Crippen LogP contribution is 2.26. The van der Waals surface area contributed by atoms with Crippen LogP contribution < -0.4 is 5.32 Å². The lowest BCUT2D eigenvalue weighted by Gasteiger charge is -2.11. The largest absolute Gasteiger partial charge is 0.508 e. The van der Waals surface area contributed by atoms with Gasteiger partial charge in [-0.15, -0.1) is 0 Å². The van der Waals surface area contributed by atoms with Gasteiger partial charge in [0.1, 0.15) is 5.75 Å². The topological polar surface area (TPSA) is 82.5 Å². The van der Waals surface area contributed by atoms with Crippen LogP contribution in [0.1, 0.15) is 21.6 Å². The van der Waals surface area contributed by atoms with Gasteiger partial charge in [-0.25, -0.2) is 0 Å². The quantitative estimate of drug-likeness (QED) is 0.694. The number of amides is 1. The van der Waals surface area contributed by atoms with E-state index in [0.717, 1.165) is 16.6 Å². The number of phenols is 1. The fraction of sp³-hybridized carbons (Fsp3) is 0.111. The second-order valence-electron chi connectivity index (χ2n) is 5.28. The van der Waals surface area contributed by atoms with Gasteiger partial charge in [0.15, 0.2) is 0 Å². The van der Waals surface area contributed by atoms with Crippen LogP contribution in [0.4, 0.5) is 5.69 Å². The van der Waals surface area contributed by atoms with Gasteiger partial charge in [0.25, 0.3) is 5.91 Å². The molecule has 5 heteroatoms. The molecular weight excluding hydrogens is 292 g/mol. The monoisotopic (exact) mass is 308 g/mol. The summed E-state index contributed by atoms with van der Waals surface area (Å²) in [5.74, 6) is -0.178. The van der Waals surface area contributed by atoms with Crippen LogP contribution in [0.3, 0.4) is 0 Å². The number of nitrogens with zero attached hydrogens (tertiary/aromatic N) is 1. The number of aromatic nitrogens is 1. The number of rotatable bonds is 3. The average Bonchev–Trinajstić information content (AvgIpc) is 2.55. The van der Waals surface area contributed by atoms with E-state index in [9.17, 15) is 15.0 Å². The summed E-state index contributed by atoms with van der Waals surface area (Å²) < 4.78 is 0. The molecule has 0 bridgehead atoms. The van der Waals surface area contributed by atoms with Crippen LogP contribution in [0, 0.1) is 6.92 Å². The van der Waals surface area contributed by atoms with Crippen molar-refractivity contribution in [1.82, 2.24) is 4.98 Å². The summed E-state index contributed by atoms with van der Waals surface area (Å²) in [6.45, 7) is 1.76. The Balaban J connectivity index is 2.01. The molecule has 5 nitrogen and oxygen atoms in total. The minimum atomic E-state index is -0.286. The van der Waals surface area contributed by atoms with E-state index in [1.54, 1.807) is 18.2 Å². The fourth-order valence-corrected chi connectivity index (χ4v) is 2.50. The first-order valence-electron chi connectivity index (χ1n) is 7.19. The van der Waals surface area contributed by atoms with Crippen LogP contribution in [0.2, 0.25) is 0 Å². The summed E-state index contributed by atoms with van der Waals surface area (Å²) in [7, 11) is 0. The van der Waals surface area contributed by atoms with Crippen LogP contribution in [0.25, 0.3) is 10.9 Å². The second kappa shape index (κ2) is 6.06. The number of fused-ring (bicyclic) bond motifs is 1. The molecule has 23 heavy (non-hydrogen) atoms. The van der Waals surface area contributed by atoms with Crippen molar-refractivity contribution in [1.29, 1.82) is 0 Å². The molecule has 0 aliphatic rings. The minimum absolute atomic E-state index is 0.0881. The zero-order valence-electron chi connectivity index (χ0n) is 12.6. The van der Waals surface area contributed by atoms with E-state index < -0.39 is 0 Å². The number of hydrogen-bond donors (Lipinski definition) is 3. The van der Waals surface area contributed by atoms with Crippen molar-refractivity contribution in [3.63, 3.8) is 0 Å². The summed E-state index contributed by atoms with van der Waals surface area (Å²) in [6, 6.07) is 13.3. The molecule has 1 aromatic heterocycles. The average molecular weight is 308 g/mol. The van der Waals surface area contributed by atoms with Crippen LogP contribution in [-0.2, 0) is 6.61 Å². The number of aliphatic hydroxyl groups excluding tert-OH is 1. The smallest absolute Gasteiger partial charge is 0.255 e. The van der Waals surface area contributed by atoms with Crippen LogP contribution >= 0.6 is 0 Å². The van der Waals surface area contributed by atoms with E-state index in [1.165, 1.54) is 12.1 Å². The van der Waals surface area contributed by atoms with Gasteiger partial charge in [0.2, 0.25) is 0 Å². The maximum absolute atomic E-state index is 12.3. The highest BCUT2D eigenvalue weighted by atomic mass is 16.3. The molecule has 2 aromatic carbocycles. The van der Waals surface area contributed by atoms with Gasteiger partial charge in [0.05, 0.1) is 17.8 Å². The first-order chi connectivity index (χ1) is 11.1. The van der Waals surface area contributed by atoms with Crippen molar-refractivity contribution in [3.8, 4) is 5.75 Å². The molecule has 0 aliphatic heterocycles. The van der Waals surface area contributed by atoms with Crippen molar-refractivity contribution in [2.45, 2.75) is 13.5 Å². The van der Waals surface area contributed by atoms with E-state index in [2.05, 4.69) is 10.3 Å². The number of phenolic OH excluding ortho intramolecular Hbond substituents is 1. The Hall–Kier alpha value is -2.92. The molecule has 0 spiro atoms. The summed E-state index contributed by atoms with van der Waals surface area (Å²) in [6.07, 6.45) is 0. The maximum Gasteiger partial charge on any atom is 0.255 e. The Bertz CT molecular complexity index is 873. The van der Waals surface area contributed by atoms with Gasteiger partial charge in [-0.2, -0.15) is 0 Å². The van der Waals surface area contributed by atoms with E-state index in [0.29, 0.717) is 16.8 Å². The molecule has 3 rings (SSSR count). The Labute approximate surface area is 133 Å². The molecule has 0 fully saturated rings. The Morgan fingerprint density at radius 2 is 1.91 bits per heavy atom. The Morgan fingerprint density at radius 1 is 1.17 bits per heavy atom. The number of aliphatic hydroxyl groups is 1. The van der Waals surface area contributed by atoms with Crippen molar-refractivity contribution in [2.75, 3.05) is 5.32 Å². The van der Waals surface area contributed by atoms with Crippen LogP contribution in [0.15, 0.2) is 48.5 Å². The molecule has 0 aliphatic carbocycles. The van der Waals surface area contributed by atoms with Gasteiger partial charge in [0, 0.05) is 16.6 Å². The van der Waals surface area contributed by atoms with Gasteiger partial charge < -0.3 is 15.5 Å². The molecule has 1 heterocycles. The fourth-order valence-electron chi connectivity index (χ4n) is 2.50. The number of carbonyl (C=O) groups excluding carboxylic acids is 1. The third-order valence-electron chi connectivity index (χ3n) is 3.60. The summed E-state index contributed by atoms with van der Waals surface area (Å²) >= 11 is 0. The Kier molecular flexibility index (Phi) is 3.95. The number of benzene rings is 2. The number of carbonyl (C=O) groups is 1. The number of para-hydroxylation sites is 1. The van der Waals surface area contributed by atoms with E-state index >= 15 is 0 Å². The predicted molar refractivity (Wildman–Crippen MR) is 88.5 cm³/mol. The molecule has 0 atom stereocenters. The normalized spacial score (nSPS) is 10.7. The molecule has 0 saturated heterocycles. The van der Waals surface area contributed by atoms with Crippen molar-refractivity contribution in [2.24, 2.45) is 0 Å². The van der Waals surface area contributed by atoms with Crippen molar-refractivity contribution >= 4 is 22.5 Å². The number of hydrogen-bond acceptors (Lipinski definition) is 4. The lowest BCUT2D eigenvalue weighted by molar-refractivity contribution is 0.102. The van der Waals surface area contributed by atoms with E-state index in [1.807, 2.05) is 25.1 Å². The highest BCUT2D eigenvalue weighted by molar-refractivity contribution is 6.08. The molecule has 0 unspecified atom stereocenters. The standard InChI is InChI=1S/C18H16N2O3/c1-11-9-13(10-21)15-3-2-4-16(17(15)19-11)20-18(23)12-5-7-14(22)8-6-12/h2-9,21-22H,10H2,1H3,(H,20,23). The predicted octanol–water partition coefficient (Wildman–Crippen LogP) is 2.99. The second-order valence-corrected chi connectivity index (χ2v) is 5.28. The molecule has 116 valence electrons. The molecule has 1 amide bonds. The third-order valence-corrected chi connectivity index (χ3v) is 3.60. The van der Waals surface area contributed by atoms with Crippen molar-refractivity contribution < 1.29 is 15.0 Å². The highest BCUT2D eigenvalue weighted by Gasteiger charge is 2.11. The molecule has 3 N–H and O–H groups in total. The first kappa shape index (κ1) is 15.0. The maximum atomic E-state index is 12.3. The van der Waals surface area contributed by atoms with Crippen LogP contribution in [0.5, 0.6) is 5.75 Å². The molecule has 0 saturated carbocycles. The number of anilines is 1. The minimum Gasteiger partial charge on any atom is -0.508 e. The third kappa shape index (κ3) is 3.00. The lowest BCUT2D eigenvalue weighted by atomic mass is 10.1. The zero-order valence-corrected chi connectivity index (χ0v) is 12.6. The molecular formula is C18H16N2O3. The SMILES string of the molecule is Cc1cc(CO)c2cccc(NC(=O)c3ccc(O)cc3)c2n1. The lowest BCUT2D eigenvalue weighted by Crippen LogP contribution is -2.12. The number of pyridine rings is 1. The summed E-state index contributed by atoms with van der Waals surface area (Å²) in [5, 5.41) is 22.4. The van der Waals surface area contributed by atoms with Gasteiger partial charge in [-0.3, -0.25) is 9.78 Å². The van der Waals surface area contributed by atoms with Crippen molar-refractivity contribution in [3.05, 3.63) is 65.4 Å². The summed E-state index contributed by atoms with van der Waals surface area (Å²) in [5.41, 5.74) is 3.21. The summed E-state index contributed by atoms with van der Waals surface area (Å²) in [4.78, 5) is 16.8. The van der Waals surface area contributed by atoms with Gasteiger partial charge >= 0.3 is 0 Å². The number of nitrogens with one attached hydrogen (secondary N) is 1. The number of aryl methyl sites for hydroxylation is 1. The number of aromatic hydroxyl groups is 1. The zero-order chi connectivity index (χ0) is 16.4. The Morgan fingerprint density at radius 3 is 2.61 bits per heavy atom. The molecule has 3 aromatic rings.